The Morgan fingerprint density at radius 1 is 1.13 bits per heavy atom. The lowest BCUT2D eigenvalue weighted by molar-refractivity contribution is -0.133. The van der Waals surface area contributed by atoms with E-state index in [0.29, 0.717) is 23.8 Å². The van der Waals surface area contributed by atoms with Crippen LogP contribution in [0, 0.1) is 5.92 Å². The number of hydrogen-bond acceptors (Lipinski definition) is 4. The summed E-state index contributed by atoms with van der Waals surface area (Å²) in [5, 5.41) is 12.9. The molecule has 2 unspecified atom stereocenters. The molecule has 0 aromatic heterocycles. The van der Waals surface area contributed by atoms with E-state index in [-0.39, 0.29) is 24.4 Å². The van der Waals surface area contributed by atoms with Crippen molar-refractivity contribution in [2.24, 2.45) is 5.92 Å². The second-order valence-corrected chi connectivity index (χ2v) is 8.68. The number of aromatic hydroxyl groups is 1. The van der Waals surface area contributed by atoms with Crippen molar-refractivity contribution in [2.75, 3.05) is 19.9 Å². The zero-order chi connectivity index (χ0) is 21.4. The van der Waals surface area contributed by atoms with Crippen LogP contribution in [0.3, 0.4) is 0 Å². The first-order valence-electron chi connectivity index (χ1n) is 11.0. The van der Waals surface area contributed by atoms with Crippen molar-refractivity contribution in [1.29, 1.82) is 0 Å². The SMILES string of the molecule is CC1CCCN(C(=O)CC(c2ccc3c(c2)OCO3)c2c(O)ccc3ccccc23)C1. The van der Waals surface area contributed by atoms with E-state index in [4.69, 9.17) is 9.47 Å². The molecule has 5 heteroatoms. The van der Waals surface area contributed by atoms with E-state index in [1.54, 1.807) is 6.07 Å². The number of phenolic OH excluding ortho intramolecular Hbond substituents is 1. The van der Waals surface area contributed by atoms with Gasteiger partial charge in [-0.05, 0) is 53.3 Å². The summed E-state index contributed by atoms with van der Waals surface area (Å²) in [6.45, 7) is 4.01. The van der Waals surface area contributed by atoms with Gasteiger partial charge in [0.2, 0.25) is 12.7 Å². The molecule has 0 spiro atoms. The number of ether oxygens (including phenoxy) is 2. The number of likely N-dealkylation sites (tertiary alicyclic amines) is 1. The molecule has 0 bridgehead atoms. The Balaban J connectivity index is 1.58. The van der Waals surface area contributed by atoms with Gasteiger partial charge in [0, 0.05) is 31.0 Å². The number of hydrogen-bond donors (Lipinski definition) is 1. The summed E-state index contributed by atoms with van der Waals surface area (Å²) in [6, 6.07) is 17.5. The summed E-state index contributed by atoms with van der Waals surface area (Å²) in [5.41, 5.74) is 1.73. The van der Waals surface area contributed by atoms with E-state index in [1.165, 1.54) is 6.42 Å². The standard InChI is InChI=1S/C26H27NO4/c1-17-5-4-12-27(15-17)25(29)14-21(19-9-11-23-24(13-19)31-16-30-23)26-20-7-3-2-6-18(20)8-10-22(26)28/h2-3,6-11,13,17,21,28H,4-5,12,14-16H2,1H3. The highest BCUT2D eigenvalue weighted by Gasteiger charge is 2.29. The quantitative estimate of drug-likeness (QED) is 0.645. The van der Waals surface area contributed by atoms with Crippen LogP contribution in [0.1, 0.15) is 43.2 Å². The predicted molar refractivity (Wildman–Crippen MR) is 120 cm³/mol. The Morgan fingerprint density at radius 2 is 1.97 bits per heavy atom. The second kappa shape index (κ2) is 8.14. The highest BCUT2D eigenvalue weighted by Crippen LogP contribution is 2.43. The van der Waals surface area contributed by atoms with Crippen LogP contribution in [0.15, 0.2) is 54.6 Å². The molecule has 160 valence electrons. The number of fused-ring (bicyclic) bond motifs is 2. The summed E-state index contributed by atoms with van der Waals surface area (Å²) < 4.78 is 11.1. The molecule has 3 aromatic carbocycles. The average Bonchev–Trinajstić information content (AvgIpc) is 3.26. The molecule has 2 aliphatic heterocycles. The minimum Gasteiger partial charge on any atom is -0.508 e. The first kappa shape index (κ1) is 19.7. The Hall–Kier alpha value is -3.21. The molecule has 0 radical (unpaired) electrons. The van der Waals surface area contributed by atoms with Crippen molar-refractivity contribution < 1.29 is 19.4 Å². The Bertz CT molecular complexity index is 1130. The van der Waals surface area contributed by atoms with Gasteiger partial charge in [0.25, 0.3) is 0 Å². The lowest BCUT2D eigenvalue weighted by atomic mass is 9.84. The van der Waals surface area contributed by atoms with E-state index >= 15 is 0 Å². The fourth-order valence-corrected chi connectivity index (χ4v) is 4.89. The van der Waals surface area contributed by atoms with E-state index in [2.05, 4.69) is 6.92 Å². The zero-order valence-electron chi connectivity index (χ0n) is 17.7. The third-order valence-electron chi connectivity index (χ3n) is 6.48. The maximum Gasteiger partial charge on any atom is 0.231 e. The van der Waals surface area contributed by atoms with Crippen LogP contribution in [-0.2, 0) is 4.79 Å². The van der Waals surface area contributed by atoms with Gasteiger partial charge >= 0.3 is 0 Å². The van der Waals surface area contributed by atoms with Crippen molar-refractivity contribution in [3.8, 4) is 17.2 Å². The molecular weight excluding hydrogens is 390 g/mol. The normalized spacial score (nSPS) is 18.9. The van der Waals surface area contributed by atoms with Crippen LogP contribution in [-0.4, -0.2) is 35.8 Å². The number of rotatable bonds is 4. The highest BCUT2D eigenvalue weighted by molar-refractivity contribution is 5.90. The van der Waals surface area contributed by atoms with Gasteiger partial charge in [-0.3, -0.25) is 4.79 Å². The summed E-state index contributed by atoms with van der Waals surface area (Å²) in [7, 11) is 0. The van der Waals surface area contributed by atoms with E-state index in [0.717, 1.165) is 41.4 Å². The first-order valence-corrected chi connectivity index (χ1v) is 11.0. The van der Waals surface area contributed by atoms with Gasteiger partial charge in [0.15, 0.2) is 11.5 Å². The number of carbonyl (C=O) groups excluding carboxylic acids is 1. The van der Waals surface area contributed by atoms with Gasteiger partial charge in [0.05, 0.1) is 0 Å². The van der Waals surface area contributed by atoms with Crippen molar-refractivity contribution in [1.82, 2.24) is 4.90 Å². The van der Waals surface area contributed by atoms with Gasteiger partial charge in [-0.25, -0.2) is 0 Å². The van der Waals surface area contributed by atoms with Crippen LogP contribution in [0.25, 0.3) is 10.8 Å². The van der Waals surface area contributed by atoms with E-state index in [9.17, 15) is 9.90 Å². The van der Waals surface area contributed by atoms with Crippen molar-refractivity contribution in [3.05, 3.63) is 65.7 Å². The third-order valence-corrected chi connectivity index (χ3v) is 6.48. The fourth-order valence-electron chi connectivity index (χ4n) is 4.89. The van der Waals surface area contributed by atoms with Crippen LogP contribution in [0.4, 0.5) is 0 Å². The molecule has 2 atom stereocenters. The summed E-state index contributed by atoms with van der Waals surface area (Å²) in [5.74, 6) is 1.96. The number of amides is 1. The molecule has 5 rings (SSSR count). The topological polar surface area (TPSA) is 59.0 Å². The maximum atomic E-state index is 13.4. The number of phenols is 1. The third kappa shape index (κ3) is 3.80. The van der Waals surface area contributed by atoms with E-state index in [1.807, 2.05) is 53.4 Å². The van der Waals surface area contributed by atoms with Crippen molar-refractivity contribution in [3.63, 3.8) is 0 Å². The second-order valence-electron chi connectivity index (χ2n) is 8.68. The van der Waals surface area contributed by atoms with Gasteiger partial charge in [-0.1, -0.05) is 43.3 Å². The highest BCUT2D eigenvalue weighted by atomic mass is 16.7. The Labute approximate surface area is 182 Å². The van der Waals surface area contributed by atoms with Crippen LogP contribution >= 0.6 is 0 Å². The van der Waals surface area contributed by atoms with Crippen molar-refractivity contribution >= 4 is 16.7 Å². The number of piperidine rings is 1. The lowest BCUT2D eigenvalue weighted by Gasteiger charge is -2.32. The molecule has 0 saturated carbocycles. The average molecular weight is 418 g/mol. The smallest absolute Gasteiger partial charge is 0.231 e. The van der Waals surface area contributed by atoms with Crippen LogP contribution in [0.2, 0.25) is 0 Å². The van der Waals surface area contributed by atoms with E-state index < -0.39 is 0 Å². The minimum absolute atomic E-state index is 0.126. The Kier molecular flexibility index (Phi) is 5.18. The maximum absolute atomic E-state index is 13.4. The number of carbonyl (C=O) groups is 1. The molecule has 1 N–H and O–H groups in total. The molecule has 2 heterocycles. The Morgan fingerprint density at radius 3 is 2.84 bits per heavy atom. The molecule has 1 amide bonds. The van der Waals surface area contributed by atoms with Gasteiger partial charge in [-0.2, -0.15) is 0 Å². The first-order chi connectivity index (χ1) is 15.1. The molecule has 31 heavy (non-hydrogen) atoms. The molecule has 0 aliphatic carbocycles. The zero-order valence-corrected chi connectivity index (χ0v) is 17.7. The summed E-state index contributed by atoms with van der Waals surface area (Å²) in [6.07, 6.45) is 2.51. The molecule has 3 aromatic rings. The van der Waals surface area contributed by atoms with Crippen LogP contribution in [0.5, 0.6) is 17.2 Å². The van der Waals surface area contributed by atoms with Crippen LogP contribution < -0.4 is 9.47 Å². The monoisotopic (exact) mass is 417 g/mol. The van der Waals surface area contributed by atoms with Gasteiger partial charge < -0.3 is 19.5 Å². The largest absolute Gasteiger partial charge is 0.508 e. The molecule has 1 saturated heterocycles. The number of benzene rings is 3. The van der Waals surface area contributed by atoms with Gasteiger partial charge in [0.1, 0.15) is 5.75 Å². The fraction of sp³-hybridized carbons (Fsp3) is 0.346. The van der Waals surface area contributed by atoms with Gasteiger partial charge in [-0.15, -0.1) is 0 Å². The summed E-state index contributed by atoms with van der Waals surface area (Å²) >= 11 is 0. The molecule has 1 fully saturated rings. The molecule has 5 nitrogen and oxygen atoms in total. The predicted octanol–water partition coefficient (Wildman–Crippen LogP) is 5.05. The molecular formula is C26H27NO4. The lowest BCUT2D eigenvalue weighted by Crippen LogP contribution is -2.39. The number of nitrogens with zero attached hydrogens (tertiary/aromatic N) is 1. The van der Waals surface area contributed by atoms with Crippen molar-refractivity contribution in [2.45, 2.75) is 32.1 Å². The summed E-state index contributed by atoms with van der Waals surface area (Å²) in [4.78, 5) is 15.4. The molecule has 2 aliphatic rings. The minimum atomic E-state index is -0.287.